The molecule has 7 heteroatoms. The Bertz CT molecular complexity index is 786. The minimum Gasteiger partial charge on any atom is -0.481 e. The van der Waals surface area contributed by atoms with Crippen molar-refractivity contribution >= 4 is 5.97 Å². The maximum Gasteiger partial charge on any atom is 0.313 e. The van der Waals surface area contributed by atoms with Gasteiger partial charge in [-0.25, -0.2) is 4.98 Å². The molecule has 4 rings (SSSR count). The third-order valence-corrected chi connectivity index (χ3v) is 4.58. The van der Waals surface area contributed by atoms with Crippen LogP contribution in [-0.4, -0.2) is 38.9 Å². The molecular formula is C17H19N3O4. The summed E-state index contributed by atoms with van der Waals surface area (Å²) in [6.07, 6.45) is 1.74. The van der Waals surface area contributed by atoms with Crippen molar-refractivity contribution in [1.29, 1.82) is 0 Å². The van der Waals surface area contributed by atoms with E-state index in [1.807, 2.05) is 29.7 Å². The molecule has 2 aliphatic rings. The van der Waals surface area contributed by atoms with Crippen molar-refractivity contribution in [2.24, 2.45) is 0 Å². The van der Waals surface area contributed by atoms with Gasteiger partial charge in [0.2, 0.25) is 6.79 Å². The van der Waals surface area contributed by atoms with E-state index >= 15 is 0 Å². The lowest BCUT2D eigenvalue weighted by atomic mass is 9.97. The summed E-state index contributed by atoms with van der Waals surface area (Å²) in [5, 5.41) is 9.63. The van der Waals surface area contributed by atoms with Gasteiger partial charge in [-0.1, -0.05) is 6.07 Å². The number of rotatable bonds is 4. The molecule has 0 bridgehead atoms. The summed E-state index contributed by atoms with van der Waals surface area (Å²) in [5.41, 5.74) is 2.77. The van der Waals surface area contributed by atoms with Gasteiger partial charge in [0, 0.05) is 26.2 Å². The highest BCUT2D eigenvalue weighted by molar-refractivity contribution is 5.76. The Balaban J connectivity index is 1.58. The van der Waals surface area contributed by atoms with E-state index in [2.05, 4.69) is 9.88 Å². The molecule has 1 aromatic carbocycles. The van der Waals surface area contributed by atoms with Crippen LogP contribution in [0.3, 0.4) is 0 Å². The zero-order valence-electron chi connectivity index (χ0n) is 13.4. The fourth-order valence-corrected chi connectivity index (χ4v) is 3.44. The molecule has 1 aromatic heterocycles. The van der Waals surface area contributed by atoms with Gasteiger partial charge in [0.25, 0.3) is 0 Å². The fourth-order valence-electron chi connectivity index (χ4n) is 3.44. The predicted octanol–water partition coefficient (Wildman–Crippen LogP) is 1.82. The van der Waals surface area contributed by atoms with E-state index in [0.29, 0.717) is 19.6 Å². The predicted molar refractivity (Wildman–Crippen MR) is 85.0 cm³/mol. The number of carbonyl (C=O) groups is 1. The van der Waals surface area contributed by atoms with Gasteiger partial charge < -0.3 is 19.1 Å². The van der Waals surface area contributed by atoms with Gasteiger partial charge in [-0.15, -0.1) is 0 Å². The molecule has 0 radical (unpaired) electrons. The minimum atomic E-state index is -0.804. The second-order valence-electron chi connectivity index (χ2n) is 6.11. The van der Waals surface area contributed by atoms with Crippen molar-refractivity contribution in [3.8, 4) is 11.5 Å². The average molecular weight is 329 g/mol. The molecule has 7 nitrogen and oxygen atoms in total. The number of carboxylic acids is 1. The number of aromatic nitrogens is 2. The van der Waals surface area contributed by atoms with E-state index in [4.69, 9.17) is 9.47 Å². The van der Waals surface area contributed by atoms with Crippen LogP contribution in [0.1, 0.15) is 29.8 Å². The quantitative estimate of drug-likeness (QED) is 0.922. The summed E-state index contributed by atoms with van der Waals surface area (Å²) in [7, 11) is 0. The summed E-state index contributed by atoms with van der Waals surface area (Å²) < 4.78 is 12.7. The summed E-state index contributed by atoms with van der Waals surface area (Å²) >= 11 is 0. The van der Waals surface area contributed by atoms with Gasteiger partial charge in [-0.3, -0.25) is 9.69 Å². The van der Waals surface area contributed by atoms with E-state index in [0.717, 1.165) is 35.0 Å². The Labute approximate surface area is 139 Å². The maximum atomic E-state index is 11.7. The molecule has 1 N–H and O–H groups in total. The van der Waals surface area contributed by atoms with Gasteiger partial charge in [0.05, 0.1) is 17.7 Å². The third-order valence-electron chi connectivity index (χ3n) is 4.58. The van der Waals surface area contributed by atoms with E-state index < -0.39 is 11.9 Å². The monoisotopic (exact) mass is 329 g/mol. The lowest BCUT2D eigenvalue weighted by Gasteiger charge is -2.31. The second-order valence-corrected chi connectivity index (χ2v) is 6.11. The zero-order chi connectivity index (χ0) is 16.7. The standard InChI is InChI=1S/C17H19N3O4/c1-2-20-9-18-13-8-19(7-12(16(13)20)17(21)22)6-11-3-4-14-15(5-11)24-10-23-14/h3-5,9,12H,2,6-8,10H2,1H3,(H,21,22). The lowest BCUT2D eigenvalue weighted by Crippen LogP contribution is -2.37. The number of benzene rings is 1. The lowest BCUT2D eigenvalue weighted by molar-refractivity contribution is -0.139. The highest BCUT2D eigenvalue weighted by Gasteiger charge is 2.34. The van der Waals surface area contributed by atoms with Gasteiger partial charge in [0.1, 0.15) is 5.92 Å². The first-order valence-corrected chi connectivity index (χ1v) is 8.03. The first-order chi connectivity index (χ1) is 11.7. The fraction of sp³-hybridized carbons (Fsp3) is 0.412. The molecule has 0 aliphatic carbocycles. The van der Waals surface area contributed by atoms with Crippen LogP contribution in [0.5, 0.6) is 11.5 Å². The summed E-state index contributed by atoms with van der Waals surface area (Å²) in [6.45, 7) is 4.76. The Hall–Kier alpha value is -2.54. The molecule has 0 saturated heterocycles. The van der Waals surface area contributed by atoms with Gasteiger partial charge in [-0.2, -0.15) is 0 Å². The highest BCUT2D eigenvalue weighted by atomic mass is 16.7. The molecule has 0 fully saturated rings. The van der Waals surface area contributed by atoms with Gasteiger partial charge >= 0.3 is 5.97 Å². The molecular weight excluding hydrogens is 310 g/mol. The zero-order valence-corrected chi connectivity index (χ0v) is 13.4. The van der Waals surface area contributed by atoms with Crippen molar-refractivity contribution in [3.05, 3.63) is 41.5 Å². The van der Waals surface area contributed by atoms with Crippen LogP contribution >= 0.6 is 0 Å². The Morgan fingerprint density at radius 1 is 1.38 bits per heavy atom. The number of aryl methyl sites for hydroxylation is 1. The van der Waals surface area contributed by atoms with Crippen molar-refractivity contribution in [3.63, 3.8) is 0 Å². The topological polar surface area (TPSA) is 76.8 Å². The molecule has 3 heterocycles. The number of nitrogens with zero attached hydrogens (tertiary/aromatic N) is 3. The Morgan fingerprint density at radius 3 is 3.00 bits per heavy atom. The molecule has 0 saturated carbocycles. The van der Waals surface area contributed by atoms with Crippen LogP contribution < -0.4 is 9.47 Å². The van der Waals surface area contributed by atoms with Crippen molar-refractivity contribution in [2.45, 2.75) is 32.5 Å². The van der Waals surface area contributed by atoms with Crippen LogP contribution in [0.15, 0.2) is 24.5 Å². The smallest absolute Gasteiger partial charge is 0.313 e. The van der Waals surface area contributed by atoms with Crippen molar-refractivity contribution < 1.29 is 19.4 Å². The molecule has 24 heavy (non-hydrogen) atoms. The first-order valence-electron chi connectivity index (χ1n) is 8.03. The number of hydrogen-bond acceptors (Lipinski definition) is 5. The summed E-state index contributed by atoms with van der Waals surface area (Å²) in [6, 6.07) is 5.84. The molecule has 2 aliphatic heterocycles. The molecule has 0 amide bonds. The molecule has 0 spiro atoms. The van der Waals surface area contributed by atoms with Crippen LogP contribution in [0.25, 0.3) is 0 Å². The number of imidazole rings is 1. The van der Waals surface area contributed by atoms with Crippen molar-refractivity contribution in [2.75, 3.05) is 13.3 Å². The number of ether oxygens (including phenoxy) is 2. The van der Waals surface area contributed by atoms with E-state index in [1.165, 1.54) is 0 Å². The minimum absolute atomic E-state index is 0.251. The van der Waals surface area contributed by atoms with Crippen LogP contribution in [0.4, 0.5) is 0 Å². The number of fused-ring (bicyclic) bond motifs is 2. The van der Waals surface area contributed by atoms with E-state index in [1.54, 1.807) is 6.33 Å². The maximum absolute atomic E-state index is 11.7. The average Bonchev–Trinajstić information content (AvgIpc) is 3.19. The number of carboxylic acid groups (broad SMARTS) is 1. The summed E-state index contributed by atoms with van der Waals surface area (Å²) in [5.74, 6) is 0.145. The largest absolute Gasteiger partial charge is 0.481 e. The highest BCUT2D eigenvalue weighted by Crippen LogP contribution is 2.34. The Kier molecular flexibility index (Phi) is 3.65. The van der Waals surface area contributed by atoms with Gasteiger partial charge in [-0.05, 0) is 24.6 Å². The van der Waals surface area contributed by atoms with Crippen LogP contribution in [-0.2, 0) is 24.4 Å². The first kappa shape index (κ1) is 15.0. The second kappa shape index (κ2) is 5.83. The number of aliphatic carboxylic acids is 1. The van der Waals surface area contributed by atoms with E-state index in [-0.39, 0.29) is 6.79 Å². The Morgan fingerprint density at radius 2 is 2.21 bits per heavy atom. The molecule has 2 aromatic rings. The molecule has 1 atom stereocenters. The van der Waals surface area contributed by atoms with Gasteiger partial charge in [0.15, 0.2) is 11.5 Å². The molecule has 126 valence electrons. The SMILES string of the molecule is CCn1cnc2c1C(C(=O)O)CN(Cc1ccc3c(c1)OCO3)C2. The third kappa shape index (κ3) is 2.50. The normalized spacial score (nSPS) is 19.3. The summed E-state index contributed by atoms with van der Waals surface area (Å²) in [4.78, 5) is 18.3. The van der Waals surface area contributed by atoms with E-state index in [9.17, 15) is 9.90 Å². The van der Waals surface area contributed by atoms with Crippen LogP contribution in [0, 0.1) is 0 Å². The number of hydrogen-bond donors (Lipinski definition) is 1. The molecule has 1 unspecified atom stereocenters. The van der Waals surface area contributed by atoms with Crippen LogP contribution in [0.2, 0.25) is 0 Å². The van der Waals surface area contributed by atoms with Crippen molar-refractivity contribution in [1.82, 2.24) is 14.5 Å².